The number of aliphatic hydroxyl groups is 1. The summed E-state index contributed by atoms with van der Waals surface area (Å²) in [7, 11) is 1.71. The summed E-state index contributed by atoms with van der Waals surface area (Å²) >= 11 is 0. The zero-order chi connectivity index (χ0) is 15.2. The number of halogens is 1. The number of aliphatic hydroxyl groups excluding tert-OH is 1. The average Bonchev–Trinajstić information content (AvgIpc) is 2.88. The van der Waals surface area contributed by atoms with Gasteiger partial charge in [-0.2, -0.15) is 5.10 Å². The van der Waals surface area contributed by atoms with Crippen molar-refractivity contribution >= 4 is 11.6 Å². The van der Waals surface area contributed by atoms with Crippen LogP contribution in [-0.4, -0.2) is 27.4 Å². The van der Waals surface area contributed by atoms with Crippen molar-refractivity contribution in [2.24, 2.45) is 7.05 Å². The van der Waals surface area contributed by atoms with E-state index in [-0.39, 0.29) is 18.7 Å². The molecule has 0 saturated carbocycles. The van der Waals surface area contributed by atoms with E-state index in [9.17, 15) is 9.18 Å². The fraction of sp³-hybridized carbons (Fsp3) is 0.200. The van der Waals surface area contributed by atoms with Gasteiger partial charge in [0.1, 0.15) is 5.82 Å². The standard InChI is InChI=1S/C15H14FN3O2/c1-19-8-7-14(18-19)15(21)17-13-6-5-12(16)10-11(13)4-2-3-9-20/h5-8,10,20H,3,9H2,1H3,(H,17,21). The number of anilines is 1. The van der Waals surface area contributed by atoms with Gasteiger partial charge >= 0.3 is 0 Å². The highest BCUT2D eigenvalue weighted by Gasteiger charge is 2.11. The van der Waals surface area contributed by atoms with Crippen LogP contribution in [0.4, 0.5) is 10.1 Å². The summed E-state index contributed by atoms with van der Waals surface area (Å²) in [5, 5.41) is 15.3. The lowest BCUT2D eigenvalue weighted by atomic mass is 10.1. The molecule has 1 heterocycles. The summed E-state index contributed by atoms with van der Waals surface area (Å²) in [6.07, 6.45) is 1.94. The molecule has 21 heavy (non-hydrogen) atoms. The maximum absolute atomic E-state index is 13.3. The summed E-state index contributed by atoms with van der Waals surface area (Å²) in [4.78, 5) is 12.0. The lowest BCUT2D eigenvalue weighted by Gasteiger charge is -2.06. The number of carbonyl (C=O) groups excluding carboxylic acids is 1. The van der Waals surface area contributed by atoms with Gasteiger partial charge in [-0.1, -0.05) is 11.8 Å². The van der Waals surface area contributed by atoms with E-state index in [0.717, 1.165) is 0 Å². The van der Waals surface area contributed by atoms with Gasteiger partial charge in [-0.15, -0.1) is 0 Å². The SMILES string of the molecule is Cn1ccc(C(=O)Nc2ccc(F)cc2C#CCCO)n1. The summed E-state index contributed by atoms with van der Waals surface area (Å²) in [5.74, 6) is 4.58. The van der Waals surface area contributed by atoms with Crippen LogP contribution in [0, 0.1) is 17.7 Å². The van der Waals surface area contributed by atoms with Crippen molar-refractivity contribution in [1.82, 2.24) is 9.78 Å². The third-order valence-corrected chi connectivity index (χ3v) is 2.64. The molecule has 0 atom stereocenters. The van der Waals surface area contributed by atoms with Gasteiger partial charge in [0.25, 0.3) is 5.91 Å². The summed E-state index contributed by atoms with van der Waals surface area (Å²) in [5.41, 5.74) is 1.02. The maximum atomic E-state index is 13.3. The zero-order valence-corrected chi connectivity index (χ0v) is 11.4. The minimum atomic E-state index is -0.445. The zero-order valence-electron chi connectivity index (χ0n) is 11.4. The average molecular weight is 287 g/mol. The number of nitrogens with one attached hydrogen (secondary N) is 1. The monoisotopic (exact) mass is 287 g/mol. The molecule has 0 bridgehead atoms. The highest BCUT2D eigenvalue weighted by molar-refractivity contribution is 6.03. The molecule has 0 aliphatic rings. The molecule has 108 valence electrons. The van der Waals surface area contributed by atoms with Crippen LogP contribution in [0.3, 0.4) is 0 Å². The predicted octanol–water partition coefficient (Wildman–Crippen LogP) is 1.55. The second-order valence-corrected chi connectivity index (χ2v) is 4.29. The van der Waals surface area contributed by atoms with Crippen molar-refractivity contribution in [2.75, 3.05) is 11.9 Å². The van der Waals surface area contributed by atoms with E-state index < -0.39 is 11.7 Å². The molecule has 1 amide bonds. The molecule has 0 radical (unpaired) electrons. The summed E-state index contributed by atoms with van der Waals surface area (Å²) < 4.78 is 14.8. The topological polar surface area (TPSA) is 67.2 Å². The fourth-order valence-corrected chi connectivity index (χ4v) is 1.67. The van der Waals surface area contributed by atoms with Gasteiger partial charge in [0.2, 0.25) is 0 Å². The largest absolute Gasteiger partial charge is 0.395 e. The number of aryl methyl sites for hydroxylation is 1. The Balaban J connectivity index is 2.23. The first-order valence-electron chi connectivity index (χ1n) is 6.30. The number of rotatable bonds is 3. The van der Waals surface area contributed by atoms with Crippen molar-refractivity contribution in [2.45, 2.75) is 6.42 Å². The first-order valence-corrected chi connectivity index (χ1v) is 6.30. The molecule has 2 rings (SSSR count). The van der Waals surface area contributed by atoms with E-state index in [2.05, 4.69) is 22.3 Å². The van der Waals surface area contributed by atoms with Crippen LogP contribution >= 0.6 is 0 Å². The van der Waals surface area contributed by atoms with Gasteiger partial charge in [0.05, 0.1) is 17.9 Å². The van der Waals surface area contributed by atoms with Crippen LogP contribution in [-0.2, 0) is 7.05 Å². The quantitative estimate of drug-likeness (QED) is 0.842. The molecule has 2 aromatic rings. The van der Waals surface area contributed by atoms with Gasteiger partial charge in [-0.05, 0) is 24.3 Å². The summed E-state index contributed by atoms with van der Waals surface area (Å²) in [6.45, 7) is -0.0715. The lowest BCUT2D eigenvalue weighted by Crippen LogP contribution is -2.14. The Bertz CT molecular complexity index is 713. The van der Waals surface area contributed by atoms with Gasteiger partial charge in [-0.25, -0.2) is 4.39 Å². The van der Waals surface area contributed by atoms with E-state index in [0.29, 0.717) is 11.3 Å². The molecule has 1 aromatic carbocycles. The van der Waals surface area contributed by atoms with E-state index in [1.807, 2.05) is 0 Å². The minimum absolute atomic E-state index is 0.0715. The van der Waals surface area contributed by atoms with Crippen LogP contribution in [0.2, 0.25) is 0 Å². The number of nitrogens with zero attached hydrogens (tertiary/aromatic N) is 2. The number of benzene rings is 1. The van der Waals surface area contributed by atoms with Crippen LogP contribution in [0.15, 0.2) is 30.5 Å². The van der Waals surface area contributed by atoms with Gasteiger partial charge in [0, 0.05) is 19.7 Å². The number of hydrogen-bond acceptors (Lipinski definition) is 3. The lowest BCUT2D eigenvalue weighted by molar-refractivity contribution is 0.102. The van der Waals surface area contributed by atoms with Crippen molar-refractivity contribution in [3.05, 3.63) is 47.5 Å². The third-order valence-electron chi connectivity index (χ3n) is 2.64. The van der Waals surface area contributed by atoms with Gasteiger partial charge in [-0.3, -0.25) is 9.48 Å². The molecule has 2 N–H and O–H groups in total. The van der Waals surface area contributed by atoms with Crippen molar-refractivity contribution in [3.8, 4) is 11.8 Å². The molecule has 0 spiro atoms. The van der Waals surface area contributed by atoms with E-state index in [1.54, 1.807) is 19.3 Å². The molecule has 1 aromatic heterocycles. The Morgan fingerprint density at radius 2 is 2.29 bits per heavy atom. The summed E-state index contributed by atoms with van der Waals surface area (Å²) in [6, 6.07) is 5.50. The molecular weight excluding hydrogens is 273 g/mol. The second kappa shape index (κ2) is 6.68. The Hall–Kier alpha value is -2.65. The maximum Gasteiger partial charge on any atom is 0.276 e. The van der Waals surface area contributed by atoms with Gasteiger partial charge < -0.3 is 10.4 Å². The number of carbonyl (C=O) groups is 1. The Labute approximate surface area is 121 Å². The first-order chi connectivity index (χ1) is 10.1. The molecular formula is C15H14FN3O2. The third kappa shape index (κ3) is 3.91. The molecule has 0 aliphatic heterocycles. The van der Waals surface area contributed by atoms with Crippen LogP contribution in [0.5, 0.6) is 0 Å². The molecule has 0 aliphatic carbocycles. The highest BCUT2D eigenvalue weighted by Crippen LogP contribution is 2.17. The Kier molecular flexibility index (Phi) is 4.69. The highest BCUT2D eigenvalue weighted by atomic mass is 19.1. The van der Waals surface area contributed by atoms with E-state index in [1.165, 1.54) is 22.9 Å². The van der Waals surface area contributed by atoms with Crippen LogP contribution in [0.25, 0.3) is 0 Å². The van der Waals surface area contributed by atoms with Crippen LogP contribution < -0.4 is 5.32 Å². The number of amides is 1. The second-order valence-electron chi connectivity index (χ2n) is 4.29. The Morgan fingerprint density at radius 3 is 2.95 bits per heavy atom. The smallest absolute Gasteiger partial charge is 0.276 e. The molecule has 0 unspecified atom stereocenters. The minimum Gasteiger partial charge on any atom is -0.395 e. The predicted molar refractivity (Wildman–Crippen MR) is 76.1 cm³/mol. The number of hydrogen-bond donors (Lipinski definition) is 2. The molecule has 0 fully saturated rings. The van der Waals surface area contributed by atoms with E-state index in [4.69, 9.17) is 5.11 Å². The molecule has 6 heteroatoms. The van der Waals surface area contributed by atoms with Crippen LogP contribution in [0.1, 0.15) is 22.5 Å². The fourth-order valence-electron chi connectivity index (χ4n) is 1.67. The van der Waals surface area contributed by atoms with Crippen molar-refractivity contribution < 1.29 is 14.3 Å². The molecule has 5 nitrogen and oxygen atoms in total. The normalized spacial score (nSPS) is 9.86. The van der Waals surface area contributed by atoms with Crippen molar-refractivity contribution in [3.63, 3.8) is 0 Å². The van der Waals surface area contributed by atoms with Crippen molar-refractivity contribution in [1.29, 1.82) is 0 Å². The van der Waals surface area contributed by atoms with Gasteiger partial charge in [0.15, 0.2) is 5.69 Å². The Morgan fingerprint density at radius 1 is 1.48 bits per heavy atom. The first kappa shape index (κ1) is 14.8. The number of aromatic nitrogens is 2. The van der Waals surface area contributed by atoms with E-state index >= 15 is 0 Å². The molecule has 0 saturated heterocycles.